The van der Waals surface area contributed by atoms with Crippen LogP contribution in [0.15, 0.2) is 42.5 Å². The third kappa shape index (κ3) is 4.74. The lowest BCUT2D eigenvalue weighted by Crippen LogP contribution is -2.47. The lowest BCUT2D eigenvalue weighted by Gasteiger charge is -2.36. The molecule has 29 heavy (non-hydrogen) atoms. The van der Waals surface area contributed by atoms with Gasteiger partial charge in [-0.15, -0.1) is 0 Å². The van der Waals surface area contributed by atoms with E-state index in [9.17, 15) is 14.9 Å². The minimum absolute atomic E-state index is 0.0179. The van der Waals surface area contributed by atoms with E-state index in [4.69, 9.17) is 0 Å². The number of carbonyl (C=O) groups excluding carboxylic acids is 1. The van der Waals surface area contributed by atoms with Gasteiger partial charge in [0.2, 0.25) is 0 Å². The summed E-state index contributed by atoms with van der Waals surface area (Å²) in [5.41, 5.74) is 2.73. The van der Waals surface area contributed by atoms with E-state index >= 15 is 0 Å². The minimum atomic E-state index is -0.440. The first-order valence-corrected chi connectivity index (χ1v) is 10.1. The first-order chi connectivity index (χ1) is 14.0. The molecule has 1 N–H and O–H groups in total. The fraction of sp³-hybridized carbons (Fsp3) is 0.409. The van der Waals surface area contributed by atoms with Crippen molar-refractivity contribution >= 4 is 23.0 Å². The van der Waals surface area contributed by atoms with E-state index in [-0.39, 0.29) is 11.6 Å². The SMILES string of the molecule is Cc1cc(C(=O)Nc2cccc(N3CCN(CC4CC4)CC3)c2)ccc1[N+](=O)[O-]. The number of piperazine rings is 1. The minimum Gasteiger partial charge on any atom is -0.369 e. The molecule has 1 aliphatic heterocycles. The van der Waals surface area contributed by atoms with Crippen molar-refractivity contribution in [3.8, 4) is 0 Å². The fourth-order valence-electron chi connectivity index (χ4n) is 3.84. The number of nitrogens with zero attached hydrogens (tertiary/aromatic N) is 3. The van der Waals surface area contributed by atoms with Crippen LogP contribution >= 0.6 is 0 Å². The fourth-order valence-corrected chi connectivity index (χ4v) is 3.84. The van der Waals surface area contributed by atoms with Crippen LogP contribution < -0.4 is 10.2 Å². The van der Waals surface area contributed by atoms with Crippen molar-refractivity contribution in [1.29, 1.82) is 0 Å². The normalized spacial score (nSPS) is 17.2. The van der Waals surface area contributed by atoms with Crippen molar-refractivity contribution in [2.45, 2.75) is 19.8 Å². The molecule has 0 aromatic heterocycles. The summed E-state index contributed by atoms with van der Waals surface area (Å²) in [6.07, 6.45) is 2.77. The van der Waals surface area contributed by atoms with E-state index < -0.39 is 4.92 Å². The van der Waals surface area contributed by atoms with Crippen LogP contribution in [0.25, 0.3) is 0 Å². The molecule has 2 aromatic carbocycles. The Morgan fingerprint density at radius 2 is 1.90 bits per heavy atom. The zero-order chi connectivity index (χ0) is 20.4. The number of benzene rings is 2. The van der Waals surface area contributed by atoms with Crippen LogP contribution in [0.1, 0.15) is 28.8 Å². The lowest BCUT2D eigenvalue weighted by atomic mass is 10.1. The molecule has 0 bridgehead atoms. The third-order valence-electron chi connectivity index (χ3n) is 5.71. The summed E-state index contributed by atoms with van der Waals surface area (Å²) >= 11 is 0. The third-order valence-corrected chi connectivity index (χ3v) is 5.71. The number of nitro benzene ring substituents is 1. The predicted octanol–water partition coefficient (Wildman–Crippen LogP) is 3.69. The Balaban J connectivity index is 1.39. The van der Waals surface area contributed by atoms with Gasteiger partial charge in [0.05, 0.1) is 4.92 Å². The predicted molar refractivity (Wildman–Crippen MR) is 114 cm³/mol. The maximum atomic E-state index is 12.6. The van der Waals surface area contributed by atoms with Gasteiger partial charge in [-0.25, -0.2) is 0 Å². The van der Waals surface area contributed by atoms with Crippen molar-refractivity contribution < 1.29 is 9.72 Å². The Bertz CT molecular complexity index is 918. The summed E-state index contributed by atoms with van der Waals surface area (Å²) in [5.74, 6) is 0.651. The number of nitro groups is 1. The Labute approximate surface area is 170 Å². The molecule has 7 nitrogen and oxygen atoms in total. The van der Waals surface area contributed by atoms with E-state index in [0.29, 0.717) is 11.1 Å². The van der Waals surface area contributed by atoms with E-state index in [0.717, 1.165) is 43.5 Å². The molecule has 0 radical (unpaired) electrons. The lowest BCUT2D eigenvalue weighted by molar-refractivity contribution is -0.385. The molecule has 2 fully saturated rings. The van der Waals surface area contributed by atoms with E-state index in [1.54, 1.807) is 13.0 Å². The van der Waals surface area contributed by atoms with E-state index in [2.05, 4.69) is 21.2 Å². The van der Waals surface area contributed by atoms with Crippen LogP contribution in [-0.2, 0) is 0 Å². The first-order valence-electron chi connectivity index (χ1n) is 10.1. The molecule has 0 spiro atoms. The van der Waals surface area contributed by atoms with Crippen LogP contribution in [0.3, 0.4) is 0 Å². The standard InChI is InChI=1S/C22H26N4O3/c1-16-13-18(7-8-21(16)26(28)29)22(27)23-19-3-2-4-20(14-19)25-11-9-24(10-12-25)15-17-5-6-17/h2-4,7-8,13-14,17H,5-6,9-12,15H2,1H3,(H,23,27). The maximum Gasteiger partial charge on any atom is 0.272 e. The Hall–Kier alpha value is -2.93. The highest BCUT2D eigenvalue weighted by molar-refractivity contribution is 6.04. The van der Waals surface area contributed by atoms with Crippen molar-refractivity contribution in [3.05, 3.63) is 63.7 Å². The second-order valence-corrected chi connectivity index (χ2v) is 7.99. The molecule has 7 heteroatoms. The average molecular weight is 394 g/mol. The summed E-state index contributed by atoms with van der Waals surface area (Å²) in [5, 5.41) is 13.9. The topological polar surface area (TPSA) is 78.7 Å². The van der Waals surface area contributed by atoms with Gasteiger partial charge >= 0.3 is 0 Å². The Morgan fingerprint density at radius 3 is 2.55 bits per heavy atom. The molecule has 1 heterocycles. The molecular formula is C22H26N4O3. The Kier molecular flexibility index (Phi) is 5.49. The van der Waals surface area contributed by atoms with Crippen molar-refractivity contribution in [2.75, 3.05) is 42.9 Å². The zero-order valence-electron chi connectivity index (χ0n) is 16.6. The Morgan fingerprint density at radius 1 is 1.14 bits per heavy atom. The zero-order valence-corrected chi connectivity index (χ0v) is 16.6. The number of nitrogens with one attached hydrogen (secondary N) is 1. The molecule has 152 valence electrons. The molecule has 2 aromatic rings. The number of amides is 1. The summed E-state index contributed by atoms with van der Waals surface area (Å²) in [6, 6.07) is 12.3. The highest BCUT2D eigenvalue weighted by atomic mass is 16.6. The van der Waals surface area contributed by atoms with Gasteiger partial charge in [-0.3, -0.25) is 19.8 Å². The van der Waals surface area contributed by atoms with Gasteiger partial charge in [-0.05, 0) is 56.0 Å². The van der Waals surface area contributed by atoms with Gasteiger partial charge in [-0.1, -0.05) is 6.07 Å². The summed E-state index contributed by atoms with van der Waals surface area (Å²) in [6.45, 7) is 7.01. The van der Waals surface area contributed by atoms with Crippen LogP contribution in [0.5, 0.6) is 0 Å². The van der Waals surface area contributed by atoms with Crippen LogP contribution in [-0.4, -0.2) is 48.5 Å². The average Bonchev–Trinajstić information content (AvgIpc) is 3.52. The largest absolute Gasteiger partial charge is 0.369 e. The molecular weight excluding hydrogens is 368 g/mol. The van der Waals surface area contributed by atoms with Gasteiger partial charge in [0, 0.05) is 61.3 Å². The molecule has 1 amide bonds. The number of hydrogen-bond donors (Lipinski definition) is 1. The van der Waals surface area contributed by atoms with Gasteiger partial charge in [0.25, 0.3) is 11.6 Å². The second-order valence-electron chi connectivity index (χ2n) is 7.99. The number of carbonyl (C=O) groups is 1. The maximum absolute atomic E-state index is 12.6. The van der Waals surface area contributed by atoms with Gasteiger partial charge in [-0.2, -0.15) is 0 Å². The van der Waals surface area contributed by atoms with Gasteiger partial charge in [0.1, 0.15) is 0 Å². The monoisotopic (exact) mass is 394 g/mol. The number of hydrogen-bond acceptors (Lipinski definition) is 5. The van der Waals surface area contributed by atoms with Crippen molar-refractivity contribution in [2.24, 2.45) is 5.92 Å². The second kappa shape index (κ2) is 8.21. The molecule has 1 saturated heterocycles. The molecule has 2 aliphatic rings. The van der Waals surface area contributed by atoms with Crippen LogP contribution in [0.4, 0.5) is 17.1 Å². The highest BCUT2D eigenvalue weighted by Crippen LogP contribution is 2.30. The highest BCUT2D eigenvalue weighted by Gasteiger charge is 2.26. The number of anilines is 2. The first kappa shape index (κ1) is 19.4. The molecule has 0 unspecified atom stereocenters. The van der Waals surface area contributed by atoms with Gasteiger partial charge in [0.15, 0.2) is 0 Å². The van der Waals surface area contributed by atoms with Crippen molar-refractivity contribution in [3.63, 3.8) is 0 Å². The molecule has 1 saturated carbocycles. The quantitative estimate of drug-likeness (QED) is 0.597. The van der Waals surface area contributed by atoms with Crippen LogP contribution in [0.2, 0.25) is 0 Å². The molecule has 4 rings (SSSR count). The molecule has 1 aliphatic carbocycles. The van der Waals surface area contributed by atoms with Crippen LogP contribution in [0, 0.1) is 23.0 Å². The number of aryl methyl sites for hydroxylation is 1. The van der Waals surface area contributed by atoms with Crippen molar-refractivity contribution in [1.82, 2.24) is 4.90 Å². The van der Waals surface area contributed by atoms with E-state index in [1.165, 1.54) is 31.5 Å². The summed E-state index contributed by atoms with van der Waals surface area (Å²) in [7, 11) is 0. The molecule has 0 atom stereocenters. The van der Waals surface area contributed by atoms with Gasteiger partial charge < -0.3 is 10.2 Å². The smallest absolute Gasteiger partial charge is 0.272 e. The number of rotatable bonds is 6. The summed E-state index contributed by atoms with van der Waals surface area (Å²) in [4.78, 5) is 28.0. The summed E-state index contributed by atoms with van der Waals surface area (Å²) < 4.78 is 0. The van der Waals surface area contributed by atoms with E-state index in [1.807, 2.05) is 18.2 Å².